The second kappa shape index (κ2) is 4.08. The summed E-state index contributed by atoms with van der Waals surface area (Å²) < 4.78 is 60.7. The summed E-state index contributed by atoms with van der Waals surface area (Å²) >= 11 is 5.15. The predicted molar refractivity (Wildman–Crippen MR) is 46.8 cm³/mol. The summed E-state index contributed by atoms with van der Waals surface area (Å²) in [5, 5.41) is 1.42. The first kappa shape index (κ1) is 14.1. The van der Waals surface area contributed by atoms with Crippen LogP contribution in [-0.4, -0.2) is 35.2 Å². The number of carbonyl (C=O) groups is 2. The van der Waals surface area contributed by atoms with Gasteiger partial charge in [0.25, 0.3) is 0 Å². The van der Waals surface area contributed by atoms with Gasteiger partial charge in [-0.3, -0.25) is 9.59 Å². The molecule has 0 unspecified atom stereocenters. The van der Waals surface area contributed by atoms with Crippen LogP contribution in [0, 0.1) is 0 Å². The van der Waals surface area contributed by atoms with Crippen LogP contribution in [0.15, 0.2) is 0 Å². The van der Waals surface area contributed by atoms with E-state index in [1.54, 1.807) is 0 Å². The zero-order valence-corrected chi connectivity index (χ0v) is 8.96. The third-order valence-electron chi connectivity index (χ3n) is 2.40. The number of carbonyl (C=O) groups excluding carboxylic acids is 2. The van der Waals surface area contributed by atoms with E-state index in [0.717, 1.165) is 0 Å². The van der Waals surface area contributed by atoms with Crippen molar-refractivity contribution in [3.63, 3.8) is 0 Å². The first-order valence-corrected chi connectivity index (χ1v) is 4.97. The second-order valence-corrected chi connectivity index (χ2v) is 3.93. The normalized spacial score (nSPS) is 18.7. The van der Waals surface area contributed by atoms with Gasteiger partial charge in [0.05, 0.1) is 5.88 Å². The SMILES string of the molecule is O=C(CCl)C1(NC(=O)C(F)(F)C(F)(F)F)CC1. The first-order valence-electron chi connectivity index (χ1n) is 4.43. The van der Waals surface area contributed by atoms with Gasteiger partial charge in [-0.25, -0.2) is 0 Å². The van der Waals surface area contributed by atoms with Gasteiger partial charge in [0.1, 0.15) is 5.54 Å². The third kappa shape index (κ3) is 2.51. The van der Waals surface area contributed by atoms with E-state index < -0.39 is 35.2 Å². The number of Topliss-reactive ketones (excluding diaryl/α,β-unsaturated/α-hetero) is 1. The van der Waals surface area contributed by atoms with Gasteiger partial charge in [-0.1, -0.05) is 0 Å². The fourth-order valence-corrected chi connectivity index (χ4v) is 1.41. The van der Waals surface area contributed by atoms with Crippen LogP contribution in [0.5, 0.6) is 0 Å². The molecule has 0 bridgehead atoms. The van der Waals surface area contributed by atoms with Crippen molar-refractivity contribution in [2.45, 2.75) is 30.5 Å². The molecule has 1 fully saturated rings. The molecule has 1 aliphatic rings. The fourth-order valence-electron chi connectivity index (χ4n) is 1.15. The lowest BCUT2D eigenvalue weighted by atomic mass is 10.1. The number of amides is 1. The van der Waals surface area contributed by atoms with Crippen molar-refractivity contribution in [1.82, 2.24) is 5.32 Å². The van der Waals surface area contributed by atoms with Crippen molar-refractivity contribution in [3.8, 4) is 0 Å². The monoisotopic (exact) mass is 279 g/mol. The van der Waals surface area contributed by atoms with E-state index in [9.17, 15) is 31.5 Å². The molecule has 1 N–H and O–H groups in total. The molecule has 1 amide bonds. The van der Waals surface area contributed by atoms with E-state index in [1.807, 2.05) is 0 Å². The van der Waals surface area contributed by atoms with Crippen LogP contribution in [0.2, 0.25) is 0 Å². The molecule has 0 aromatic carbocycles. The van der Waals surface area contributed by atoms with E-state index >= 15 is 0 Å². The molecule has 17 heavy (non-hydrogen) atoms. The van der Waals surface area contributed by atoms with Gasteiger partial charge in [0, 0.05) is 0 Å². The van der Waals surface area contributed by atoms with E-state index in [1.165, 1.54) is 5.32 Å². The van der Waals surface area contributed by atoms with Crippen molar-refractivity contribution in [2.24, 2.45) is 0 Å². The van der Waals surface area contributed by atoms with E-state index in [0.29, 0.717) is 0 Å². The predicted octanol–water partition coefficient (Wildman–Crippen LogP) is 1.64. The molecule has 9 heteroatoms. The van der Waals surface area contributed by atoms with Crippen molar-refractivity contribution in [2.75, 3.05) is 5.88 Å². The average Bonchev–Trinajstić information content (AvgIpc) is 2.95. The van der Waals surface area contributed by atoms with Gasteiger partial charge in [-0.05, 0) is 12.8 Å². The highest BCUT2D eigenvalue weighted by atomic mass is 35.5. The maximum absolute atomic E-state index is 12.6. The molecule has 0 aliphatic heterocycles. The quantitative estimate of drug-likeness (QED) is 0.628. The number of alkyl halides is 6. The minimum atomic E-state index is -5.99. The Morgan fingerprint density at radius 2 is 1.65 bits per heavy atom. The highest BCUT2D eigenvalue weighted by Gasteiger charge is 2.65. The Bertz CT molecular complexity index is 350. The summed E-state index contributed by atoms with van der Waals surface area (Å²) in [4.78, 5) is 21.9. The molecule has 3 nitrogen and oxygen atoms in total. The molecule has 0 heterocycles. The Morgan fingerprint density at radius 3 is 1.94 bits per heavy atom. The zero-order valence-electron chi connectivity index (χ0n) is 8.21. The fraction of sp³-hybridized carbons (Fsp3) is 0.750. The van der Waals surface area contributed by atoms with Crippen LogP contribution in [0.25, 0.3) is 0 Å². The zero-order chi connectivity index (χ0) is 13.5. The number of rotatable bonds is 4. The van der Waals surface area contributed by atoms with Crippen molar-refractivity contribution >= 4 is 23.3 Å². The number of ketones is 1. The number of nitrogens with one attached hydrogen (secondary N) is 1. The summed E-state index contributed by atoms with van der Waals surface area (Å²) in [6.45, 7) is 0. The van der Waals surface area contributed by atoms with Gasteiger partial charge >= 0.3 is 18.0 Å². The van der Waals surface area contributed by atoms with E-state index in [2.05, 4.69) is 0 Å². The first-order chi connectivity index (χ1) is 7.57. The smallest absolute Gasteiger partial charge is 0.338 e. The summed E-state index contributed by atoms with van der Waals surface area (Å²) in [5.74, 6) is -9.38. The maximum atomic E-state index is 12.6. The Kier molecular flexibility index (Phi) is 3.39. The molecule has 0 atom stereocenters. The molecular weight excluding hydrogens is 273 g/mol. The highest BCUT2D eigenvalue weighted by Crippen LogP contribution is 2.40. The van der Waals surface area contributed by atoms with Crippen LogP contribution < -0.4 is 5.32 Å². The minimum absolute atomic E-state index is 0.0121. The molecule has 0 saturated heterocycles. The van der Waals surface area contributed by atoms with Crippen LogP contribution in [0.3, 0.4) is 0 Å². The Labute approximate surface area is 97.3 Å². The largest absolute Gasteiger partial charge is 0.463 e. The molecule has 1 aliphatic carbocycles. The van der Waals surface area contributed by atoms with Crippen LogP contribution in [0.4, 0.5) is 22.0 Å². The lowest BCUT2D eigenvalue weighted by Crippen LogP contribution is -2.56. The lowest BCUT2D eigenvalue weighted by molar-refractivity contribution is -0.270. The van der Waals surface area contributed by atoms with Crippen molar-refractivity contribution < 1.29 is 31.5 Å². The van der Waals surface area contributed by atoms with Gasteiger partial charge in [0.2, 0.25) is 0 Å². The molecule has 1 saturated carbocycles. The molecule has 0 radical (unpaired) electrons. The van der Waals surface area contributed by atoms with Crippen LogP contribution >= 0.6 is 11.6 Å². The van der Waals surface area contributed by atoms with Gasteiger partial charge in [-0.15, -0.1) is 11.6 Å². The molecule has 0 aromatic rings. The molecule has 1 rings (SSSR count). The molecule has 0 aromatic heterocycles. The Hall–Kier alpha value is -0.920. The van der Waals surface area contributed by atoms with Gasteiger partial charge < -0.3 is 5.32 Å². The topological polar surface area (TPSA) is 46.2 Å². The van der Waals surface area contributed by atoms with Crippen molar-refractivity contribution in [1.29, 1.82) is 0 Å². The van der Waals surface area contributed by atoms with E-state index in [4.69, 9.17) is 11.6 Å². The van der Waals surface area contributed by atoms with Crippen LogP contribution in [-0.2, 0) is 9.59 Å². The van der Waals surface area contributed by atoms with Crippen LogP contribution in [0.1, 0.15) is 12.8 Å². The Balaban J connectivity index is 2.78. The lowest BCUT2D eigenvalue weighted by Gasteiger charge is -2.22. The highest BCUT2D eigenvalue weighted by molar-refractivity contribution is 6.29. The third-order valence-corrected chi connectivity index (χ3v) is 2.64. The number of halogens is 6. The van der Waals surface area contributed by atoms with Gasteiger partial charge in [-0.2, -0.15) is 22.0 Å². The van der Waals surface area contributed by atoms with Gasteiger partial charge in [0.15, 0.2) is 5.78 Å². The summed E-state index contributed by atoms with van der Waals surface area (Å²) in [7, 11) is 0. The number of hydrogen-bond donors (Lipinski definition) is 1. The molecular formula is C8H7ClF5NO2. The summed E-state index contributed by atoms with van der Waals surface area (Å²) in [6.07, 6.45) is -5.96. The summed E-state index contributed by atoms with van der Waals surface area (Å²) in [5.41, 5.74) is -1.65. The summed E-state index contributed by atoms with van der Waals surface area (Å²) in [6, 6.07) is 0. The van der Waals surface area contributed by atoms with Crippen molar-refractivity contribution in [3.05, 3.63) is 0 Å². The van der Waals surface area contributed by atoms with E-state index in [-0.39, 0.29) is 12.8 Å². The molecule has 98 valence electrons. The maximum Gasteiger partial charge on any atom is 0.463 e. The minimum Gasteiger partial charge on any atom is -0.338 e. The number of hydrogen-bond acceptors (Lipinski definition) is 2. The molecule has 0 spiro atoms. The second-order valence-electron chi connectivity index (χ2n) is 3.67. The Morgan fingerprint density at radius 1 is 1.18 bits per heavy atom. The standard InChI is InChI=1S/C8H7ClF5NO2/c9-3-4(16)6(1-2-6)15-5(17)7(10,11)8(12,13)14/h1-3H2,(H,15,17). The average molecular weight is 280 g/mol.